The van der Waals surface area contributed by atoms with Crippen molar-refractivity contribution in [3.63, 3.8) is 0 Å². The van der Waals surface area contributed by atoms with Crippen LogP contribution in [-0.4, -0.2) is 53.4 Å². The lowest BCUT2D eigenvalue weighted by Crippen LogP contribution is -2.47. The van der Waals surface area contributed by atoms with Gasteiger partial charge in [-0.1, -0.05) is 30.3 Å². The molecule has 1 aromatic heterocycles. The minimum Gasteiger partial charge on any atom is -0.352 e. The second-order valence-electron chi connectivity index (χ2n) is 9.75. The minimum atomic E-state index is -0.226. The fraction of sp³-hybridized carbons (Fsp3) is 0.345. The lowest BCUT2D eigenvalue weighted by atomic mass is 9.76. The van der Waals surface area contributed by atoms with Gasteiger partial charge in [0, 0.05) is 48.5 Å². The van der Waals surface area contributed by atoms with E-state index in [-0.39, 0.29) is 35.6 Å². The van der Waals surface area contributed by atoms with Crippen molar-refractivity contribution < 1.29 is 14.0 Å². The van der Waals surface area contributed by atoms with Crippen LogP contribution in [-0.2, 0) is 17.6 Å². The molecule has 3 aromatic rings. The van der Waals surface area contributed by atoms with E-state index in [1.165, 1.54) is 6.07 Å². The Bertz CT molecular complexity index is 1200. The van der Waals surface area contributed by atoms with Gasteiger partial charge in [-0.25, -0.2) is 4.39 Å². The molecule has 1 fully saturated rings. The summed E-state index contributed by atoms with van der Waals surface area (Å²) in [4.78, 5) is 32.1. The third kappa shape index (κ3) is 5.79. The average Bonchev–Trinajstić information content (AvgIpc) is 3.32. The zero-order valence-electron chi connectivity index (χ0n) is 20.2. The Morgan fingerprint density at radius 1 is 1.00 bits per heavy atom. The fourth-order valence-corrected chi connectivity index (χ4v) is 5.46. The number of halogens is 1. The first-order chi connectivity index (χ1) is 17.5. The number of hydrogen-bond acceptors (Lipinski definition) is 4. The molecule has 7 heteroatoms. The monoisotopic (exact) mass is 486 g/mol. The molecule has 0 radical (unpaired) electrons. The second-order valence-corrected chi connectivity index (χ2v) is 9.75. The van der Waals surface area contributed by atoms with E-state index in [0.717, 1.165) is 42.6 Å². The summed E-state index contributed by atoms with van der Waals surface area (Å²) in [6, 6.07) is 20.0. The average molecular weight is 487 g/mol. The van der Waals surface area contributed by atoms with Gasteiger partial charge in [-0.05, 0) is 73.2 Å². The van der Waals surface area contributed by atoms with Crippen LogP contribution in [0.1, 0.15) is 45.9 Å². The van der Waals surface area contributed by atoms with Gasteiger partial charge in [0.25, 0.3) is 5.91 Å². The van der Waals surface area contributed by atoms with E-state index < -0.39 is 0 Å². The molecule has 3 atom stereocenters. The summed E-state index contributed by atoms with van der Waals surface area (Å²) in [6.07, 6.45) is 4.76. The second kappa shape index (κ2) is 11.0. The van der Waals surface area contributed by atoms with Crippen LogP contribution in [0.4, 0.5) is 4.39 Å². The molecule has 1 aliphatic heterocycles. The van der Waals surface area contributed by atoms with Crippen molar-refractivity contribution in [1.29, 1.82) is 0 Å². The van der Waals surface area contributed by atoms with E-state index in [9.17, 15) is 14.0 Å². The van der Waals surface area contributed by atoms with Gasteiger partial charge in [0.15, 0.2) is 0 Å². The molecule has 6 nitrogen and oxygen atoms in total. The van der Waals surface area contributed by atoms with Crippen molar-refractivity contribution in [1.82, 2.24) is 20.5 Å². The molecule has 0 unspecified atom stereocenters. The van der Waals surface area contributed by atoms with Crippen LogP contribution in [0.3, 0.4) is 0 Å². The number of benzene rings is 2. The van der Waals surface area contributed by atoms with Crippen molar-refractivity contribution in [3.05, 3.63) is 101 Å². The van der Waals surface area contributed by atoms with Gasteiger partial charge in [-0.15, -0.1) is 0 Å². The summed E-state index contributed by atoms with van der Waals surface area (Å²) in [5.41, 5.74) is 3.70. The number of hydrogen-bond donors (Lipinski definition) is 2. The van der Waals surface area contributed by atoms with E-state index in [1.807, 2.05) is 42.5 Å². The van der Waals surface area contributed by atoms with Crippen molar-refractivity contribution in [2.24, 2.45) is 0 Å². The molecule has 186 valence electrons. The van der Waals surface area contributed by atoms with Crippen molar-refractivity contribution in [2.75, 3.05) is 19.6 Å². The zero-order chi connectivity index (χ0) is 24.9. The third-order valence-corrected chi connectivity index (χ3v) is 7.23. The maximum absolute atomic E-state index is 13.9. The van der Waals surface area contributed by atoms with Crippen LogP contribution >= 0.6 is 0 Å². The number of nitrogens with one attached hydrogen (secondary N) is 2. The number of nitrogens with zero attached hydrogens (tertiary/aromatic N) is 2. The highest BCUT2D eigenvalue weighted by molar-refractivity contribution is 5.94. The number of amides is 2. The Morgan fingerprint density at radius 2 is 1.83 bits per heavy atom. The zero-order valence-corrected chi connectivity index (χ0v) is 20.2. The largest absolute Gasteiger partial charge is 0.352 e. The number of carbonyl (C=O) groups is 2. The summed E-state index contributed by atoms with van der Waals surface area (Å²) in [5, 5.41) is 6.34. The highest BCUT2D eigenvalue weighted by Crippen LogP contribution is 2.34. The summed E-state index contributed by atoms with van der Waals surface area (Å²) in [7, 11) is 0. The van der Waals surface area contributed by atoms with Crippen molar-refractivity contribution in [2.45, 2.75) is 43.7 Å². The maximum atomic E-state index is 13.9. The van der Waals surface area contributed by atoms with Crippen LogP contribution in [0.15, 0.2) is 72.9 Å². The van der Waals surface area contributed by atoms with Gasteiger partial charge in [-0.2, -0.15) is 0 Å². The van der Waals surface area contributed by atoms with E-state index in [0.29, 0.717) is 25.1 Å². The lowest BCUT2D eigenvalue weighted by molar-refractivity contribution is -0.123. The van der Waals surface area contributed by atoms with Gasteiger partial charge in [0.2, 0.25) is 5.91 Å². The Kier molecular flexibility index (Phi) is 7.37. The Labute approximate surface area is 210 Å². The smallest absolute Gasteiger partial charge is 0.251 e. The van der Waals surface area contributed by atoms with Crippen LogP contribution in [0.25, 0.3) is 0 Å². The molecule has 2 aromatic carbocycles. The maximum Gasteiger partial charge on any atom is 0.251 e. The standard InChI is InChI=1S/C29H31FN4O2/c30-22-10-11-25-21(16-22)9-12-27(26(25)17-23-8-4-5-14-31-23)33-28(35)19-34-15-13-24(18-34)32-29(36)20-6-2-1-3-7-20/h1-8,10-11,14,16,24,26-27H,9,12-13,15,17-19H2,(H,32,36)(H,33,35)/t24-,26+,27-/m0/s1. The van der Waals surface area contributed by atoms with Crippen LogP contribution in [0.5, 0.6) is 0 Å². The summed E-state index contributed by atoms with van der Waals surface area (Å²) in [5.74, 6) is -0.298. The molecule has 5 rings (SSSR count). The molecule has 1 saturated heterocycles. The molecule has 2 aliphatic rings. The molecule has 1 aliphatic carbocycles. The predicted molar refractivity (Wildman–Crippen MR) is 136 cm³/mol. The number of pyridine rings is 1. The molecular weight excluding hydrogens is 455 g/mol. The van der Waals surface area contributed by atoms with Gasteiger partial charge in [-0.3, -0.25) is 19.5 Å². The van der Waals surface area contributed by atoms with Crippen LogP contribution in [0.2, 0.25) is 0 Å². The first-order valence-corrected chi connectivity index (χ1v) is 12.6. The SMILES string of the molecule is O=C(CN1CC[C@H](NC(=O)c2ccccc2)C1)N[C@H]1CCc2cc(F)ccc2[C@H]1Cc1ccccn1. The van der Waals surface area contributed by atoms with E-state index in [2.05, 4.69) is 20.5 Å². The van der Waals surface area contributed by atoms with Crippen molar-refractivity contribution in [3.8, 4) is 0 Å². The van der Waals surface area contributed by atoms with Gasteiger partial charge in [0.1, 0.15) is 5.82 Å². The predicted octanol–water partition coefficient (Wildman–Crippen LogP) is 3.48. The quantitative estimate of drug-likeness (QED) is 0.536. The van der Waals surface area contributed by atoms with Gasteiger partial charge in [0.05, 0.1) is 6.54 Å². The fourth-order valence-electron chi connectivity index (χ4n) is 5.46. The minimum absolute atomic E-state index is 0.0216. The van der Waals surface area contributed by atoms with Crippen molar-refractivity contribution >= 4 is 11.8 Å². The summed E-state index contributed by atoms with van der Waals surface area (Å²) >= 11 is 0. The Balaban J connectivity index is 1.20. The first-order valence-electron chi connectivity index (χ1n) is 12.6. The Morgan fingerprint density at radius 3 is 2.64 bits per heavy atom. The van der Waals surface area contributed by atoms with E-state index in [1.54, 1.807) is 24.4 Å². The van der Waals surface area contributed by atoms with Crippen LogP contribution in [0, 0.1) is 5.82 Å². The molecule has 2 amide bonds. The molecule has 2 N–H and O–H groups in total. The molecular formula is C29H31FN4O2. The highest BCUT2D eigenvalue weighted by Gasteiger charge is 2.32. The summed E-state index contributed by atoms with van der Waals surface area (Å²) in [6.45, 7) is 1.70. The Hall–Kier alpha value is -3.58. The van der Waals surface area contributed by atoms with E-state index >= 15 is 0 Å². The van der Waals surface area contributed by atoms with Crippen LogP contribution < -0.4 is 10.6 Å². The number of carbonyl (C=O) groups excluding carboxylic acids is 2. The third-order valence-electron chi connectivity index (χ3n) is 7.23. The topological polar surface area (TPSA) is 74.3 Å². The molecule has 0 saturated carbocycles. The highest BCUT2D eigenvalue weighted by atomic mass is 19.1. The normalized spacial score (nSPS) is 21.5. The summed E-state index contributed by atoms with van der Waals surface area (Å²) < 4.78 is 13.9. The lowest BCUT2D eigenvalue weighted by Gasteiger charge is -2.34. The van der Waals surface area contributed by atoms with Gasteiger partial charge >= 0.3 is 0 Å². The first kappa shape index (κ1) is 24.1. The molecule has 2 heterocycles. The molecule has 36 heavy (non-hydrogen) atoms. The molecule has 0 spiro atoms. The number of aromatic nitrogens is 1. The number of rotatable bonds is 7. The number of fused-ring (bicyclic) bond motifs is 1. The number of likely N-dealkylation sites (tertiary alicyclic amines) is 1. The van der Waals surface area contributed by atoms with E-state index in [4.69, 9.17) is 0 Å². The van der Waals surface area contributed by atoms with Gasteiger partial charge < -0.3 is 10.6 Å². The number of aryl methyl sites for hydroxylation is 1. The molecule has 0 bridgehead atoms.